The standard InChI is InChI=1S/C9H12N2O4/c12-7-4-6(9(14)15-7)11-8(13)5-2-1-3-10-5/h4-5,9-10,14H,1-3H2,(H,11,13). The maximum Gasteiger partial charge on any atom is 0.335 e. The van der Waals surface area contributed by atoms with Crippen LogP contribution in [0.2, 0.25) is 0 Å². The highest BCUT2D eigenvalue weighted by atomic mass is 16.6. The molecule has 2 atom stereocenters. The molecule has 1 fully saturated rings. The number of carbonyl (C=O) groups is 2. The van der Waals surface area contributed by atoms with E-state index in [0.717, 1.165) is 25.5 Å². The quantitative estimate of drug-likeness (QED) is 0.491. The summed E-state index contributed by atoms with van der Waals surface area (Å²) in [5, 5.41) is 14.7. The number of hydrogen-bond acceptors (Lipinski definition) is 5. The lowest BCUT2D eigenvalue weighted by atomic mass is 10.2. The largest absolute Gasteiger partial charge is 0.427 e. The fourth-order valence-corrected chi connectivity index (χ4v) is 1.64. The van der Waals surface area contributed by atoms with Gasteiger partial charge in [0.25, 0.3) is 0 Å². The Bertz CT molecular complexity index is 320. The highest BCUT2D eigenvalue weighted by Gasteiger charge is 2.28. The van der Waals surface area contributed by atoms with E-state index in [0.29, 0.717) is 0 Å². The van der Waals surface area contributed by atoms with Gasteiger partial charge in [-0.2, -0.15) is 0 Å². The molecule has 2 aliphatic heterocycles. The molecule has 0 aliphatic carbocycles. The average molecular weight is 212 g/mol. The van der Waals surface area contributed by atoms with E-state index in [-0.39, 0.29) is 17.6 Å². The summed E-state index contributed by atoms with van der Waals surface area (Å²) < 4.78 is 4.43. The molecule has 82 valence electrons. The third kappa shape index (κ3) is 2.16. The minimum atomic E-state index is -1.34. The third-order valence-electron chi connectivity index (χ3n) is 2.41. The van der Waals surface area contributed by atoms with Crippen molar-refractivity contribution in [2.75, 3.05) is 6.54 Å². The molecule has 2 aliphatic rings. The van der Waals surface area contributed by atoms with Gasteiger partial charge in [-0.3, -0.25) is 4.79 Å². The Hall–Kier alpha value is -1.40. The minimum absolute atomic E-state index is 0.110. The van der Waals surface area contributed by atoms with Gasteiger partial charge in [0.2, 0.25) is 12.2 Å². The maximum atomic E-state index is 11.6. The summed E-state index contributed by atoms with van der Waals surface area (Å²) in [7, 11) is 0. The van der Waals surface area contributed by atoms with E-state index in [4.69, 9.17) is 0 Å². The molecule has 0 aromatic heterocycles. The summed E-state index contributed by atoms with van der Waals surface area (Å²) in [6.07, 6.45) is 1.46. The van der Waals surface area contributed by atoms with Crippen molar-refractivity contribution >= 4 is 11.9 Å². The highest BCUT2D eigenvalue weighted by Crippen LogP contribution is 2.11. The second kappa shape index (κ2) is 4.00. The highest BCUT2D eigenvalue weighted by molar-refractivity contribution is 5.89. The summed E-state index contributed by atoms with van der Waals surface area (Å²) in [6.45, 7) is 0.815. The number of ether oxygens (including phenoxy) is 1. The molecular weight excluding hydrogens is 200 g/mol. The van der Waals surface area contributed by atoms with Gasteiger partial charge >= 0.3 is 5.97 Å². The van der Waals surface area contributed by atoms with Gasteiger partial charge in [-0.25, -0.2) is 4.79 Å². The molecule has 1 amide bonds. The van der Waals surface area contributed by atoms with Crippen molar-refractivity contribution in [3.8, 4) is 0 Å². The average Bonchev–Trinajstić information content (AvgIpc) is 2.76. The summed E-state index contributed by atoms with van der Waals surface area (Å²) in [5.41, 5.74) is 0.110. The van der Waals surface area contributed by atoms with E-state index in [1.165, 1.54) is 0 Å². The Morgan fingerprint density at radius 2 is 2.47 bits per heavy atom. The summed E-state index contributed by atoms with van der Waals surface area (Å²) in [4.78, 5) is 22.3. The zero-order valence-corrected chi connectivity index (χ0v) is 8.03. The number of amides is 1. The second-order valence-electron chi connectivity index (χ2n) is 3.53. The van der Waals surface area contributed by atoms with Crippen molar-refractivity contribution < 1.29 is 19.4 Å². The molecule has 2 rings (SSSR count). The van der Waals surface area contributed by atoms with Crippen molar-refractivity contribution in [3.05, 3.63) is 11.8 Å². The van der Waals surface area contributed by atoms with Crippen LogP contribution in [0, 0.1) is 0 Å². The van der Waals surface area contributed by atoms with Crippen molar-refractivity contribution in [2.45, 2.75) is 25.2 Å². The number of aliphatic hydroxyl groups is 1. The van der Waals surface area contributed by atoms with Crippen LogP contribution in [-0.2, 0) is 14.3 Å². The van der Waals surface area contributed by atoms with Gasteiger partial charge in [0, 0.05) is 6.08 Å². The smallest absolute Gasteiger partial charge is 0.335 e. The number of esters is 1. The molecule has 1 saturated heterocycles. The Morgan fingerprint density at radius 1 is 1.67 bits per heavy atom. The zero-order chi connectivity index (χ0) is 10.8. The van der Waals surface area contributed by atoms with E-state index in [1.807, 2.05) is 0 Å². The number of hydrogen-bond donors (Lipinski definition) is 3. The molecule has 15 heavy (non-hydrogen) atoms. The van der Waals surface area contributed by atoms with Crippen molar-refractivity contribution in [1.29, 1.82) is 0 Å². The SMILES string of the molecule is O=C1C=C(NC(=O)C2CCCN2)C(O)O1. The molecule has 2 unspecified atom stereocenters. The molecule has 0 spiro atoms. The molecule has 3 N–H and O–H groups in total. The summed E-state index contributed by atoms with van der Waals surface area (Å²) in [5.74, 6) is -0.881. The number of aliphatic hydroxyl groups excluding tert-OH is 1. The molecular formula is C9H12N2O4. The lowest BCUT2D eigenvalue weighted by Gasteiger charge is -2.13. The van der Waals surface area contributed by atoms with E-state index in [9.17, 15) is 14.7 Å². The Morgan fingerprint density at radius 3 is 3.00 bits per heavy atom. The first-order valence-corrected chi connectivity index (χ1v) is 4.81. The van der Waals surface area contributed by atoms with Crippen molar-refractivity contribution in [3.63, 3.8) is 0 Å². The first-order valence-electron chi connectivity index (χ1n) is 4.81. The van der Waals surface area contributed by atoms with Crippen LogP contribution >= 0.6 is 0 Å². The number of nitrogens with one attached hydrogen (secondary N) is 2. The van der Waals surface area contributed by atoms with Gasteiger partial charge in [-0.1, -0.05) is 0 Å². The predicted molar refractivity (Wildman–Crippen MR) is 49.3 cm³/mol. The van der Waals surface area contributed by atoms with Crippen LogP contribution in [0.3, 0.4) is 0 Å². The Balaban J connectivity index is 1.93. The minimum Gasteiger partial charge on any atom is -0.427 e. The van der Waals surface area contributed by atoms with Gasteiger partial charge in [0.05, 0.1) is 11.7 Å². The number of cyclic esters (lactones) is 1. The van der Waals surface area contributed by atoms with Crippen LogP contribution in [0.5, 0.6) is 0 Å². The monoisotopic (exact) mass is 212 g/mol. The van der Waals surface area contributed by atoms with Gasteiger partial charge in [0.15, 0.2) is 0 Å². The van der Waals surface area contributed by atoms with Crippen LogP contribution in [-0.4, -0.2) is 35.9 Å². The molecule has 6 nitrogen and oxygen atoms in total. The van der Waals surface area contributed by atoms with Crippen molar-refractivity contribution in [2.24, 2.45) is 0 Å². The van der Waals surface area contributed by atoms with Crippen LogP contribution < -0.4 is 10.6 Å². The molecule has 0 saturated carbocycles. The number of rotatable bonds is 2. The number of carbonyl (C=O) groups excluding carboxylic acids is 2. The fourth-order valence-electron chi connectivity index (χ4n) is 1.64. The topological polar surface area (TPSA) is 87.7 Å². The molecule has 2 heterocycles. The van der Waals surface area contributed by atoms with E-state index in [2.05, 4.69) is 15.4 Å². The normalized spacial score (nSPS) is 29.9. The van der Waals surface area contributed by atoms with Crippen LogP contribution in [0.4, 0.5) is 0 Å². The maximum absolute atomic E-state index is 11.6. The van der Waals surface area contributed by atoms with E-state index >= 15 is 0 Å². The van der Waals surface area contributed by atoms with Gasteiger partial charge in [0.1, 0.15) is 0 Å². The first kappa shape index (κ1) is 10.1. The Kier molecular flexibility index (Phi) is 2.70. The molecule has 6 heteroatoms. The lowest BCUT2D eigenvalue weighted by Crippen LogP contribution is -2.41. The zero-order valence-electron chi connectivity index (χ0n) is 8.03. The van der Waals surface area contributed by atoms with Gasteiger partial charge < -0.3 is 20.5 Å². The molecule has 0 aromatic rings. The van der Waals surface area contributed by atoms with Crippen molar-refractivity contribution in [1.82, 2.24) is 10.6 Å². The van der Waals surface area contributed by atoms with Gasteiger partial charge in [-0.15, -0.1) is 0 Å². The van der Waals surface area contributed by atoms with E-state index < -0.39 is 12.3 Å². The lowest BCUT2D eigenvalue weighted by molar-refractivity contribution is -0.152. The molecule has 0 aromatic carbocycles. The predicted octanol–water partition coefficient (Wildman–Crippen LogP) is -1.39. The third-order valence-corrected chi connectivity index (χ3v) is 2.41. The molecule has 0 radical (unpaired) electrons. The second-order valence-corrected chi connectivity index (χ2v) is 3.53. The van der Waals surface area contributed by atoms with Gasteiger partial charge in [-0.05, 0) is 19.4 Å². The Labute approximate surface area is 86.3 Å². The van der Waals surface area contributed by atoms with Crippen LogP contribution in [0.15, 0.2) is 11.8 Å². The fraction of sp³-hybridized carbons (Fsp3) is 0.556. The van der Waals surface area contributed by atoms with E-state index in [1.54, 1.807) is 0 Å². The van der Waals surface area contributed by atoms with Crippen LogP contribution in [0.25, 0.3) is 0 Å². The summed E-state index contributed by atoms with van der Waals surface area (Å²) in [6, 6.07) is -0.242. The first-order chi connectivity index (χ1) is 7.16. The molecule has 0 bridgehead atoms. The summed E-state index contributed by atoms with van der Waals surface area (Å²) >= 11 is 0. The van der Waals surface area contributed by atoms with Crippen LogP contribution in [0.1, 0.15) is 12.8 Å².